The predicted molar refractivity (Wildman–Crippen MR) is 86.9 cm³/mol. The summed E-state index contributed by atoms with van der Waals surface area (Å²) in [6.45, 7) is 5.68. The Bertz CT molecular complexity index is 407. The van der Waals surface area contributed by atoms with E-state index in [0.717, 1.165) is 36.1 Å². The zero-order chi connectivity index (χ0) is 14.4. The summed E-state index contributed by atoms with van der Waals surface area (Å²) in [5.41, 5.74) is 0.987. The predicted octanol–water partition coefficient (Wildman–Crippen LogP) is 2.90. The second-order valence-electron chi connectivity index (χ2n) is 5.68. The number of hydrogen-bond acceptors (Lipinski definition) is 3. The number of rotatable bonds is 7. The molecule has 2 rings (SSSR count). The Kier molecular flexibility index (Phi) is 6.49. The number of likely N-dealkylation sites (tertiary alicyclic amines) is 1. The molecule has 1 heterocycles. The van der Waals surface area contributed by atoms with Gasteiger partial charge in [0.15, 0.2) is 0 Å². The average molecular weight is 341 g/mol. The normalized spacial score (nSPS) is 17.8. The van der Waals surface area contributed by atoms with Crippen molar-refractivity contribution in [1.29, 1.82) is 0 Å². The summed E-state index contributed by atoms with van der Waals surface area (Å²) in [6, 6.07) is 7.91. The fraction of sp³-hybridized carbons (Fsp3) is 0.625. The van der Waals surface area contributed by atoms with Gasteiger partial charge in [0.05, 0.1) is 6.10 Å². The van der Waals surface area contributed by atoms with Crippen molar-refractivity contribution in [3.05, 3.63) is 34.3 Å². The Morgan fingerprint density at radius 3 is 2.65 bits per heavy atom. The molecule has 1 aromatic rings. The monoisotopic (exact) mass is 340 g/mol. The van der Waals surface area contributed by atoms with E-state index >= 15 is 0 Å². The third-order valence-electron chi connectivity index (χ3n) is 4.05. The average Bonchev–Trinajstić information content (AvgIpc) is 2.96. The van der Waals surface area contributed by atoms with Gasteiger partial charge in [-0.25, -0.2) is 0 Å². The van der Waals surface area contributed by atoms with Crippen molar-refractivity contribution in [2.75, 3.05) is 39.8 Å². The first-order valence-corrected chi connectivity index (χ1v) is 8.29. The highest BCUT2D eigenvalue weighted by atomic mass is 79.9. The minimum absolute atomic E-state index is 0.389. The number of halogens is 1. The maximum atomic E-state index is 10.3. The maximum absolute atomic E-state index is 10.3. The lowest BCUT2D eigenvalue weighted by Crippen LogP contribution is -2.32. The van der Waals surface area contributed by atoms with Crippen LogP contribution in [-0.4, -0.2) is 54.7 Å². The molecule has 0 amide bonds. The lowest BCUT2D eigenvalue weighted by Gasteiger charge is -2.22. The number of aliphatic hydroxyl groups is 1. The van der Waals surface area contributed by atoms with Crippen molar-refractivity contribution in [2.24, 2.45) is 0 Å². The number of aliphatic hydroxyl groups excluding tert-OH is 1. The van der Waals surface area contributed by atoms with Crippen molar-refractivity contribution >= 4 is 15.9 Å². The van der Waals surface area contributed by atoms with Crippen molar-refractivity contribution < 1.29 is 5.11 Å². The minimum Gasteiger partial charge on any atom is -0.388 e. The summed E-state index contributed by atoms with van der Waals surface area (Å²) >= 11 is 3.50. The van der Waals surface area contributed by atoms with Gasteiger partial charge in [-0.05, 0) is 51.0 Å². The second-order valence-corrected chi connectivity index (χ2v) is 6.53. The lowest BCUT2D eigenvalue weighted by atomic mass is 10.1. The molecule has 1 aromatic carbocycles. The molecule has 0 radical (unpaired) electrons. The van der Waals surface area contributed by atoms with E-state index in [1.54, 1.807) is 0 Å². The molecule has 0 spiro atoms. The van der Waals surface area contributed by atoms with E-state index in [4.69, 9.17) is 0 Å². The summed E-state index contributed by atoms with van der Waals surface area (Å²) < 4.78 is 0.993. The van der Waals surface area contributed by atoms with Crippen molar-refractivity contribution in [1.82, 2.24) is 9.80 Å². The van der Waals surface area contributed by atoms with Crippen LogP contribution >= 0.6 is 15.9 Å². The summed E-state index contributed by atoms with van der Waals surface area (Å²) in [5.74, 6) is 0. The van der Waals surface area contributed by atoms with E-state index in [-0.39, 0.29) is 6.10 Å². The Morgan fingerprint density at radius 2 is 1.95 bits per heavy atom. The van der Waals surface area contributed by atoms with Crippen LogP contribution in [0.25, 0.3) is 0 Å². The van der Waals surface area contributed by atoms with Gasteiger partial charge in [0.2, 0.25) is 0 Å². The third kappa shape index (κ3) is 4.85. The highest BCUT2D eigenvalue weighted by molar-refractivity contribution is 9.10. The summed E-state index contributed by atoms with van der Waals surface area (Å²) in [4.78, 5) is 4.85. The molecule has 3 nitrogen and oxygen atoms in total. The molecule has 1 fully saturated rings. The van der Waals surface area contributed by atoms with Crippen molar-refractivity contribution in [3.63, 3.8) is 0 Å². The highest BCUT2D eigenvalue weighted by Crippen LogP contribution is 2.25. The number of hydrogen-bond donors (Lipinski definition) is 1. The lowest BCUT2D eigenvalue weighted by molar-refractivity contribution is 0.145. The molecule has 0 aromatic heterocycles. The Hall–Kier alpha value is -0.420. The molecule has 1 N–H and O–H groups in total. The number of benzene rings is 1. The Labute approximate surface area is 130 Å². The molecule has 1 atom stereocenters. The molecule has 1 aliphatic rings. The third-order valence-corrected chi connectivity index (χ3v) is 4.77. The molecule has 1 unspecified atom stereocenters. The van der Waals surface area contributed by atoms with Crippen LogP contribution < -0.4 is 0 Å². The van der Waals surface area contributed by atoms with Crippen molar-refractivity contribution in [3.8, 4) is 0 Å². The van der Waals surface area contributed by atoms with Gasteiger partial charge in [0.25, 0.3) is 0 Å². The van der Waals surface area contributed by atoms with E-state index in [2.05, 4.69) is 32.8 Å². The first kappa shape index (κ1) is 16.0. The zero-order valence-corrected chi connectivity index (χ0v) is 13.8. The van der Waals surface area contributed by atoms with Crippen LogP contribution in [0.4, 0.5) is 0 Å². The topological polar surface area (TPSA) is 26.7 Å². The van der Waals surface area contributed by atoms with E-state index < -0.39 is 0 Å². The van der Waals surface area contributed by atoms with Crippen LogP contribution in [0.5, 0.6) is 0 Å². The first-order chi connectivity index (χ1) is 9.66. The Balaban J connectivity index is 1.69. The fourth-order valence-corrected chi connectivity index (χ4v) is 3.22. The summed E-state index contributed by atoms with van der Waals surface area (Å²) in [5, 5.41) is 10.3. The minimum atomic E-state index is -0.389. The van der Waals surface area contributed by atoms with Crippen LogP contribution in [0, 0.1) is 0 Å². The van der Waals surface area contributed by atoms with Crippen LogP contribution in [0.1, 0.15) is 30.9 Å². The molecule has 20 heavy (non-hydrogen) atoms. The number of nitrogens with zero attached hydrogens (tertiary/aromatic N) is 2. The molecule has 0 aliphatic carbocycles. The zero-order valence-electron chi connectivity index (χ0n) is 12.3. The molecular formula is C16H25BrN2O. The molecule has 112 valence electrons. The van der Waals surface area contributed by atoms with E-state index in [9.17, 15) is 5.11 Å². The molecule has 0 saturated carbocycles. The van der Waals surface area contributed by atoms with Crippen LogP contribution in [0.15, 0.2) is 28.7 Å². The van der Waals surface area contributed by atoms with Crippen LogP contribution in [-0.2, 0) is 0 Å². The summed E-state index contributed by atoms with van der Waals surface area (Å²) in [7, 11) is 2.14. The van der Waals surface area contributed by atoms with Gasteiger partial charge in [-0.1, -0.05) is 34.1 Å². The molecular weight excluding hydrogens is 316 g/mol. The van der Waals surface area contributed by atoms with Crippen LogP contribution in [0.3, 0.4) is 0 Å². The van der Waals surface area contributed by atoms with E-state index in [0.29, 0.717) is 0 Å². The fourth-order valence-electron chi connectivity index (χ4n) is 2.67. The van der Waals surface area contributed by atoms with Crippen LogP contribution in [0.2, 0.25) is 0 Å². The first-order valence-electron chi connectivity index (χ1n) is 7.50. The van der Waals surface area contributed by atoms with E-state index in [1.165, 1.54) is 25.9 Å². The molecule has 4 heteroatoms. The van der Waals surface area contributed by atoms with Gasteiger partial charge in [-0.3, -0.25) is 0 Å². The Morgan fingerprint density at radius 1 is 1.25 bits per heavy atom. The largest absolute Gasteiger partial charge is 0.388 e. The maximum Gasteiger partial charge on any atom is 0.0813 e. The summed E-state index contributed by atoms with van der Waals surface area (Å²) in [6.07, 6.45) is 3.09. The second kappa shape index (κ2) is 8.13. The van der Waals surface area contributed by atoms with E-state index in [1.807, 2.05) is 24.3 Å². The smallest absolute Gasteiger partial charge is 0.0813 e. The van der Waals surface area contributed by atoms with Gasteiger partial charge >= 0.3 is 0 Å². The molecule has 1 aliphatic heterocycles. The standard InChI is InChI=1S/C16H25BrN2O/c1-18(12-13-19-9-4-5-10-19)11-8-16(20)14-6-2-3-7-15(14)17/h2-3,6-7,16,20H,4-5,8-13H2,1H3. The quantitative estimate of drug-likeness (QED) is 0.826. The highest BCUT2D eigenvalue weighted by Gasteiger charge is 2.14. The van der Waals surface area contributed by atoms with Gasteiger partial charge in [-0.2, -0.15) is 0 Å². The number of likely N-dealkylation sites (N-methyl/N-ethyl adjacent to an activating group) is 1. The molecule has 0 bridgehead atoms. The van der Waals surface area contributed by atoms with Gasteiger partial charge in [-0.15, -0.1) is 0 Å². The van der Waals surface area contributed by atoms with Gasteiger partial charge in [0.1, 0.15) is 0 Å². The van der Waals surface area contributed by atoms with Gasteiger partial charge < -0.3 is 14.9 Å². The SMILES string of the molecule is CN(CCC(O)c1ccccc1Br)CCN1CCCC1. The van der Waals surface area contributed by atoms with Gasteiger partial charge in [0, 0.05) is 24.1 Å². The molecule has 1 saturated heterocycles. The van der Waals surface area contributed by atoms with Crippen molar-refractivity contribution in [2.45, 2.75) is 25.4 Å².